The molecule has 0 aliphatic carbocycles. The van der Waals surface area contributed by atoms with Gasteiger partial charge in [-0.1, -0.05) is 6.92 Å². The van der Waals surface area contributed by atoms with E-state index in [1.807, 2.05) is 17.0 Å². The summed E-state index contributed by atoms with van der Waals surface area (Å²) in [5.74, 6) is 1.43. The lowest BCUT2D eigenvalue weighted by atomic mass is 10.1. The van der Waals surface area contributed by atoms with Crippen LogP contribution in [0.25, 0.3) is 0 Å². The Morgan fingerprint density at radius 2 is 2.23 bits per heavy atom. The molecule has 2 rings (SSSR count). The fourth-order valence-electron chi connectivity index (χ4n) is 3.17. The van der Waals surface area contributed by atoms with E-state index in [-0.39, 0.29) is 11.9 Å². The maximum Gasteiger partial charge on any atom is 0.255 e. The van der Waals surface area contributed by atoms with Gasteiger partial charge in [0.05, 0.1) is 5.56 Å². The second kappa shape index (κ2) is 7.58. The number of carbonyl (C=O) groups excluding carboxylic acids is 1. The van der Waals surface area contributed by atoms with Crippen LogP contribution < -0.4 is 10.6 Å². The van der Waals surface area contributed by atoms with Crippen LogP contribution >= 0.6 is 0 Å². The smallest absolute Gasteiger partial charge is 0.255 e. The van der Waals surface area contributed by atoms with Crippen LogP contribution in [0.15, 0.2) is 18.3 Å². The van der Waals surface area contributed by atoms with E-state index in [0.717, 1.165) is 38.3 Å². The SMILES string of the molecule is CCCN(CC)c1ccc(C(=O)N2CC(CN)CC2C)cn1. The van der Waals surface area contributed by atoms with Gasteiger partial charge in [0, 0.05) is 31.9 Å². The van der Waals surface area contributed by atoms with Crippen LogP contribution in [-0.2, 0) is 0 Å². The average Bonchev–Trinajstić information content (AvgIpc) is 2.93. The zero-order valence-corrected chi connectivity index (χ0v) is 14.0. The van der Waals surface area contributed by atoms with E-state index in [1.165, 1.54) is 0 Å². The summed E-state index contributed by atoms with van der Waals surface area (Å²) in [5, 5.41) is 0. The number of nitrogens with zero attached hydrogens (tertiary/aromatic N) is 3. The van der Waals surface area contributed by atoms with Gasteiger partial charge in [-0.15, -0.1) is 0 Å². The maximum atomic E-state index is 12.6. The first kappa shape index (κ1) is 16.7. The molecule has 122 valence electrons. The average molecular weight is 304 g/mol. The number of pyridine rings is 1. The highest BCUT2D eigenvalue weighted by Crippen LogP contribution is 2.24. The minimum atomic E-state index is 0.0704. The molecule has 1 aromatic heterocycles. The van der Waals surface area contributed by atoms with Crippen LogP contribution in [0.4, 0.5) is 5.82 Å². The molecule has 2 atom stereocenters. The van der Waals surface area contributed by atoms with Crippen molar-refractivity contribution in [2.75, 3.05) is 31.1 Å². The standard InChI is InChI=1S/C17H28N4O/c1-4-8-20(5-2)16-7-6-15(11-19-16)17(22)21-12-14(10-18)9-13(21)3/h6-7,11,13-14H,4-5,8-10,12,18H2,1-3H3. The highest BCUT2D eigenvalue weighted by atomic mass is 16.2. The summed E-state index contributed by atoms with van der Waals surface area (Å²) in [6.07, 6.45) is 3.79. The first-order chi connectivity index (χ1) is 10.6. The first-order valence-corrected chi connectivity index (χ1v) is 8.32. The predicted molar refractivity (Wildman–Crippen MR) is 90.1 cm³/mol. The molecule has 0 radical (unpaired) electrons. The third kappa shape index (κ3) is 3.58. The van der Waals surface area contributed by atoms with Crippen molar-refractivity contribution >= 4 is 11.7 Å². The molecule has 2 heterocycles. The third-order valence-corrected chi connectivity index (χ3v) is 4.45. The largest absolute Gasteiger partial charge is 0.357 e. The molecule has 1 aliphatic heterocycles. The van der Waals surface area contributed by atoms with E-state index < -0.39 is 0 Å². The lowest BCUT2D eigenvalue weighted by molar-refractivity contribution is 0.0743. The summed E-state index contributed by atoms with van der Waals surface area (Å²) in [4.78, 5) is 21.3. The van der Waals surface area contributed by atoms with Crippen molar-refractivity contribution < 1.29 is 4.79 Å². The van der Waals surface area contributed by atoms with Crippen LogP contribution in [0.2, 0.25) is 0 Å². The van der Waals surface area contributed by atoms with Crippen LogP contribution in [0.1, 0.15) is 44.0 Å². The minimum Gasteiger partial charge on any atom is -0.357 e. The van der Waals surface area contributed by atoms with Gasteiger partial charge in [-0.25, -0.2) is 4.98 Å². The van der Waals surface area contributed by atoms with Crippen molar-refractivity contribution in [3.05, 3.63) is 23.9 Å². The normalized spacial score (nSPS) is 21.2. The fraction of sp³-hybridized carbons (Fsp3) is 0.647. The van der Waals surface area contributed by atoms with E-state index in [1.54, 1.807) is 6.20 Å². The summed E-state index contributed by atoms with van der Waals surface area (Å²) < 4.78 is 0. The van der Waals surface area contributed by atoms with Crippen molar-refractivity contribution in [1.82, 2.24) is 9.88 Å². The van der Waals surface area contributed by atoms with Crippen LogP contribution in [0, 0.1) is 5.92 Å². The van der Waals surface area contributed by atoms with Gasteiger partial charge < -0.3 is 15.5 Å². The number of anilines is 1. The van der Waals surface area contributed by atoms with Gasteiger partial charge in [0.2, 0.25) is 0 Å². The molecule has 22 heavy (non-hydrogen) atoms. The number of likely N-dealkylation sites (tertiary alicyclic amines) is 1. The molecule has 5 nitrogen and oxygen atoms in total. The molecule has 1 amide bonds. The van der Waals surface area contributed by atoms with Gasteiger partial charge in [-0.2, -0.15) is 0 Å². The zero-order valence-electron chi connectivity index (χ0n) is 14.0. The van der Waals surface area contributed by atoms with Crippen molar-refractivity contribution in [3.8, 4) is 0 Å². The fourth-order valence-corrected chi connectivity index (χ4v) is 3.17. The molecule has 2 N–H and O–H groups in total. The van der Waals surface area contributed by atoms with Gasteiger partial charge in [0.25, 0.3) is 5.91 Å². The first-order valence-electron chi connectivity index (χ1n) is 8.32. The Balaban J connectivity index is 2.08. The lowest BCUT2D eigenvalue weighted by Gasteiger charge is -2.23. The Labute approximate surface area is 133 Å². The van der Waals surface area contributed by atoms with E-state index >= 15 is 0 Å². The number of aromatic nitrogens is 1. The molecule has 1 fully saturated rings. The second-order valence-electron chi connectivity index (χ2n) is 6.13. The molecule has 1 saturated heterocycles. The maximum absolute atomic E-state index is 12.6. The van der Waals surface area contributed by atoms with E-state index in [9.17, 15) is 4.79 Å². The van der Waals surface area contributed by atoms with Crippen LogP contribution in [-0.4, -0.2) is 48.0 Å². The summed E-state index contributed by atoms with van der Waals surface area (Å²) in [6.45, 7) is 9.68. The Kier molecular flexibility index (Phi) is 5.77. The number of rotatable bonds is 6. The van der Waals surface area contributed by atoms with Crippen molar-refractivity contribution in [3.63, 3.8) is 0 Å². The molecule has 0 bridgehead atoms. The van der Waals surface area contributed by atoms with Gasteiger partial charge in [-0.05, 0) is 51.3 Å². The Morgan fingerprint density at radius 3 is 2.73 bits per heavy atom. The number of carbonyl (C=O) groups is 1. The number of amides is 1. The second-order valence-corrected chi connectivity index (χ2v) is 6.13. The van der Waals surface area contributed by atoms with E-state index in [0.29, 0.717) is 18.0 Å². The van der Waals surface area contributed by atoms with Crippen molar-refractivity contribution in [2.45, 2.75) is 39.7 Å². The van der Waals surface area contributed by atoms with Gasteiger partial charge in [0.1, 0.15) is 5.82 Å². The number of nitrogens with two attached hydrogens (primary N) is 1. The Hall–Kier alpha value is -1.62. The monoisotopic (exact) mass is 304 g/mol. The quantitative estimate of drug-likeness (QED) is 0.874. The topological polar surface area (TPSA) is 62.5 Å². The summed E-state index contributed by atoms with van der Waals surface area (Å²) in [6, 6.07) is 4.10. The van der Waals surface area contributed by atoms with Gasteiger partial charge >= 0.3 is 0 Å². The summed E-state index contributed by atoms with van der Waals surface area (Å²) in [7, 11) is 0. The molecular formula is C17H28N4O. The molecule has 0 aromatic carbocycles. The zero-order chi connectivity index (χ0) is 16.1. The molecule has 0 spiro atoms. The van der Waals surface area contributed by atoms with Crippen LogP contribution in [0.3, 0.4) is 0 Å². The molecule has 5 heteroatoms. The highest BCUT2D eigenvalue weighted by molar-refractivity contribution is 5.94. The van der Waals surface area contributed by atoms with Crippen molar-refractivity contribution in [2.24, 2.45) is 11.7 Å². The molecule has 1 aliphatic rings. The van der Waals surface area contributed by atoms with Gasteiger partial charge in [0.15, 0.2) is 0 Å². The number of hydrogen-bond acceptors (Lipinski definition) is 4. The van der Waals surface area contributed by atoms with Crippen LogP contribution in [0.5, 0.6) is 0 Å². The minimum absolute atomic E-state index is 0.0704. The van der Waals surface area contributed by atoms with E-state index in [2.05, 4.69) is 30.7 Å². The van der Waals surface area contributed by atoms with E-state index in [4.69, 9.17) is 5.73 Å². The Morgan fingerprint density at radius 1 is 1.45 bits per heavy atom. The molecule has 0 saturated carbocycles. The molecular weight excluding hydrogens is 276 g/mol. The lowest BCUT2D eigenvalue weighted by Crippen LogP contribution is -2.34. The van der Waals surface area contributed by atoms with Crippen molar-refractivity contribution in [1.29, 1.82) is 0 Å². The summed E-state index contributed by atoms with van der Waals surface area (Å²) >= 11 is 0. The third-order valence-electron chi connectivity index (χ3n) is 4.45. The predicted octanol–water partition coefficient (Wildman–Crippen LogP) is 2.13. The molecule has 1 aromatic rings. The Bertz CT molecular complexity index is 488. The summed E-state index contributed by atoms with van der Waals surface area (Å²) in [5.41, 5.74) is 6.41. The number of hydrogen-bond donors (Lipinski definition) is 1. The molecule has 2 unspecified atom stereocenters. The highest BCUT2D eigenvalue weighted by Gasteiger charge is 2.32. The van der Waals surface area contributed by atoms with Gasteiger partial charge in [-0.3, -0.25) is 4.79 Å².